The quantitative estimate of drug-likeness (QED) is 0.738. The number of benzene rings is 2. The van der Waals surface area contributed by atoms with Gasteiger partial charge in [-0.2, -0.15) is 4.72 Å². The highest BCUT2D eigenvalue weighted by atomic mass is 32.2. The predicted molar refractivity (Wildman–Crippen MR) is 95.8 cm³/mol. The topological polar surface area (TPSA) is 68.3 Å². The molecule has 5 nitrogen and oxygen atoms in total. The second-order valence-electron chi connectivity index (χ2n) is 5.40. The van der Waals surface area contributed by atoms with Gasteiger partial charge in [0.05, 0.1) is 23.7 Å². The van der Waals surface area contributed by atoms with Gasteiger partial charge in [0.2, 0.25) is 10.0 Å². The molecule has 0 saturated heterocycles. The van der Waals surface area contributed by atoms with Gasteiger partial charge in [-0.1, -0.05) is 36.4 Å². The molecule has 1 N–H and O–H groups in total. The van der Waals surface area contributed by atoms with Crippen LogP contribution in [0, 0.1) is 0 Å². The van der Waals surface area contributed by atoms with Crippen molar-refractivity contribution in [1.29, 1.82) is 0 Å². The van der Waals surface area contributed by atoms with Gasteiger partial charge in [-0.15, -0.1) is 0 Å². The standard InChI is InChI=1S/C19H18N2O3S/c1-24-16-10-12-17(13-11-16)25(22,23)21-19(15-7-3-2-4-8-15)18-9-5-6-14-20-18/h2-14,19,21H,1H3. The lowest BCUT2D eigenvalue weighted by atomic mass is 10.0. The molecule has 0 radical (unpaired) electrons. The number of nitrogens with one attached hydrogen (secondary N) is 1. The maximum absolute atomic E-state index is 12.8. The minimum atomic E-state index is -3.73. The van der Waals surface area contributed by atoms with E-state index < -0.39 is 16.1 Å². The molecule has 128 valence electrons. The molecule has 0 amide bonds. The van der Waals surface area contributed by atoms with Crippen molar-refractivity contribution in [3.63, 3.8) is 0 Å². The number of hydrogen-bond acceptors (Lipinski definition) is 4. The van der Waals surface area contributed by atoms with E-state index in [0.717, 1.165) is 5.56 Å². The minimum Gasteiger partial charge on any atom is -0.497 e. The Morgan fingerprint density at radius 1 is 0.920 bits per heavy atom. The van der Waals surface area contributed by atoms with Crippen LogP contribution in [0.4, 0.5) is 0 Å². The Balaban J connectivity index is 1.97. The van der Waals surface area contributed by atoms with Gasteiger partial charge in [0, 0.05) is 6.20 Å². The maximum atomic E-state index is 12.8. The van der Waals surface area contributed by atoms with Crippen LogP contribution in [0.2, 0.25) is 0 Å². The van der Waals surface area contributed by atoms with Gasteiger partial charge in [-0.05, 0) is 42.0 Å². The first-order chi connectivity index (χ1) is 12.1. The van der Waals surface area contributed by atoms with Crippen LogP contribution in [0.1, 0.15) is 17.3 Å². The van der Waals surface area contributed by atoms with E-state index in [4.69, 9.17) is 4.74 Å². The Kier molecular flexibility index (Phi) is 5.11. The van der Waals surface area contributed by atoms with E-state index >= 15 is 0 Å². The molecule has 0 aliphatic rings. The summed E-state index contributed by atoms with van der Waals surface area (Å²) in [4.78, 5) is 4.49. The van der Waals surface area contributed by atoms with Crippen LogP contribution in [0.5, 0.6) is 5.75 Å². The zero-order chi connectivity index (χ0) is 17.7. The molecule has 0 saturated carbocycles. The summed E-state index contributed by atoms with van der Waals surface area (Å²) in [5.74, 6) is 0.600. The van der Waals surface area contributed by atoms with Gasteiger partial charge in [-0.3, -0.25) is 4.98 Å². The van der Waals surface area contributed by atoms with E-state index in [1.54, 1.807) is 30.5 Å². The Labute approximate surface area is 147 Å². The lowest BCUT2D eigenvalue weighted by Crippen LogP contribution is -2.30. The number of sulfonamides is 1. The van der Waals surface area contributed by atoms with Gasteiger partial charge in [0.15, 0.2) is 0 Å². The number of hydrogen-bond donors (Lipinski definition) is 1. The fourth-order valence-electron chi connectivity index (χ4n) is 2.47. The molecule has 0 fully saturated rings. The molecule has 1 aromatic heterocycles. The van der Waals surface area contributed by atoms with Crippen molar-refractivity contribution in [3.8, 4) is 5.75 Å². The Morgan fingerprint density at radius 3 is 2.20 bits per heavy atom. The molecule has 25 heavy (non-hydrogen) atoms. The summed E-state index contributed by atoms with van der Waals surface area (Å²) < 4.78 is 33.4. The van der Waals surface area contributed by atoms with Crippen LogP contribution in [-0.2, 0) is 10.0 Å². The normalized spacial score (nSPS) is 12.5. The fraction of sp³-hybridized carbons (Fsp3) is 0.105. The minimum absolute atomic E-state index is 0.171. The zero-order valence-corrected chi connectivity index (χ0v) is 14.5. The van der Waals surface area contributed by atoms with Crippen LogP contribution in [0.3, 0.4) is 0 Å². The predicted octanol–water partition coefficient (Wildman–Crippen LogP) is 3.16. The van der Waals surface area contributed by atoms with Gasteiger partial charge in [0.25, 0.3) is 0 Å². The molecular weight excluding hydrogens is 336 g/mol. The average molecular weight is 354 g/mol. The molecule has 1 unspecified atom stereocenters. The van der Waals surface area contributed by atoms with Crippen molar-refractivity contribution in [3.05, 3.63) is 90.3 Å². The molecule has 0 aliphatic heterocycles. The van der Waals surface area contributed by atoms with Gasteiger partial charge >= 0.3 is 0 Å². The first-order valence-corrected chi connectivity index (χ1v) is 9.21. The second-order valence-corrected chi connectivity index (χ2v) is 7.11. The second kappa shape index (κ2) is 7.46. The summed E-state index contributed by atoms with van der Waals surface area (Å²) >= 11 is 0. The van der Waals surface area contributed by atoms with E-state index in [9.17, 15) is 8.42 Å². The highest BCUT2D eigenvalue weighted by Crippen LogP contribution is 2.23. The lowest BCUT2D eigenvalue weighted by Gasteiger charge is -2.19. The number of rotatable bonds is 6. The van der Waals surface area contributed by atoms with E-state index in [0.29, 0.717) is 11.4 Å². The van der Waals surface area contributed by atoms with Crippen LogP contribution in [-0.4, -0.2) is 20.5 Å². The molecule has 2 aromatic carbocycles. The third-order valence-electron chi connectivity index (χ3n) is 3.76. The van der Waals surface area contributed by atoms with E-state index in [-0.39, 0.29) is 4.90 Å². The number of nitrogens with zero attached hydrogens (tertiary/aromatic N) is 1. The maximum Gasteiger partial charge on any atom is 0.241 e. The lowest BCUT2D eigenvalue weighted by molar-refractivity contribution is 0.414. The Bertz CT molecular complexity index is 872. The summed E-state index contributed by atoms with van der Waals surface area (Å²) in [6.45, 7) is 0. The Hall–Kier alpha value is -2.70. The monoisotopic (exact) mass is 354 g/mol. The largest absolute Gasteiger partial charge is 0.497 e. The SMILES string of the molecule is COc1ccc(S(=O)(=O)NC(c2ccccc2)c2ccccn2)cc1. The number of methoxy groups -OCH3 is 1. The molecule has 3 aromatic rings. The summed E-state index contributed by atoms with van der Waals surface area (Å²) in [6.07, 6.45) is 1.65. The number of aromatic nitrogens is 1. The smallest absolute Gasteiger partial charge is 0.241 e. The third-order valence-corrected chi connectivity index (χ3v) is 5.20. The summed E-state index contributed by atoms with van der Waals surface area (Å²) in [5, 5.41) is 0. The summed E-state index contributed by atoms with van der Waals surface area (Å²) in [7, 11) is -2.19. The molecule has 1 heterocycles. The molecular formula is C19H18N2O3S. The Morgan fingerprint density at radius 2 is 1.60 bits per heavy atom. The van der Waals surface area contributed by atoms with Crippen LogP contribution < -0.4 is 9.46 Å². The molecule has 0 aliphatic carbocycles. The molecule has 0 spiro atoms. The van der Waals surface area contributed by atoms with Crippen molar-refractivity contribution in [2.75, 3.05) is 7.11 Å². The highest BCUT2D eigenvalue weighted by molar-refractivity contribution is 7.89. The molecule has 1 atom stereocenters. The average Bonchev–Trinajstić information content (AvgIpc) is 2.67. The molecule has 3 rings (SSSR count). The van der Waals surface area contributed by atoms with Crippen molar-refractivity contribution >= 4 is 10.0 Å². The van der Waals surface area contributed by atoms with Gasteiger partial charge in [-0.25, -0.2) is 8.42 Å². The number of pyridine rings is 1. The zero-order valence-electron chi connectivity index (χ0n) is 13.7. The van der Waals surface area contributed by atoms with Gasteiger partial charge < -0.3 is 4.74 Å². The van der Waals surface area contributed by atoms with E-state index in [1.165, 1.54) is 19.2 Å². The van der Waals surface area contributed by atoms with Crippen molar-refractivity contribution in [2.24, 2.45) is 0 Å². The third kappa shape index (κ3) is 4.04. The van der Waals surface area contributed by atoms with Crippen LogP contribution >= 0.6 is 0 Å². The highest BCUT2D eigenvalue weighted by Gasteiger charge is 2.23. The van der Waals surface area contributed by atoms with E-state index in [1.807, 2.05) is 36.4 Å². The van der Waals surface area contributed by atoms with Crippen molar-refractivity contribution < 1.29 is 13.2 Å². The molecule has 6 heteroatoms. The molecule has 0 bridgehead atoms. The fourth-order valence-corrected chi connectivity index (χ4v) is 3.67. The van der Waals surface area contributed by atoms with Crippen molar-refractivity contribution in [2.45, 2.75) is 10.9 Å². The first-order valence-electron chi connectivity index (χ1n) is 7.72. The van der Waals surface area contributed by atoms with E-state index in [2.05, 4.69) is 9.71 Å². The van der Waals surface area contributed by atoms with Crippen molar-refractivity contribution in [1.82, 2.24) is 9.71 Å². The number of ether oxygens (including phenoxy) is 1. The summed E-state index contributed by atoms with van der Waals surface area (Å²) in [5.41, 5.74) is 1.45. The van der Waals surface area contributed by atoms with Crippen LogP contribution in [0.25, 0.3) is 0 Å². The van der Waals surface area contributed by atoms with Gasteiger partial charge in [0.1, 0.15) is 5.75 Å². The first kappa shape index (κ1) is 17.1. The van der Waals surface area contributed by atoms with Crippen LogP contribution in [0.15, 0.2) is 83.9 Å². The summed E-state index contributed by atoms with van der Waals surface area (Å²) in [6, 6.07) is 20.5.